The van der Waals surface area contributed by atoms with Crippen molar-refractivity contribution in [2.24, 2.45) is 11.7 Å². The summed E-state index contributed by atoms with van der Waals surface area (Å²) in [5.41, 5.74) is 7.40. The van der Waals surface area contributed by atoms with Crippen LogP contribution in [-0.2, 0) is 6.42 Å². The molecule has 2 aromatic rings. The highest BCUT2D eigenvalue weighted by molar-refractivity contribution is 5.88. The van der Waals surface area contributed by atoms with Gasteiger partial charge in [-0.15, -0.1) is 0 Å². The second-order valence-electron chi connectivity index (χ2n) is 9.10. The van der Waals surface area contributed by atoms with E-state index in [9.17, 15) is 9.59 Å². The SMILES string of the molecule is CN(CCc1ccc(-n2ccc(NC(=O)N3CCNCC3)nc2=O)cc1)[C@@H]1CC[C@H](CN)C1. The van der Waals surface area contributed by atoms with E-state index in [0.717, 1.165) is 38.3 Å². The Morgan fingerprint density at radius 3 is 2.64 bits per heavy atom. The van der Waals surface area contributed by atoms with Gasteiger partial charge in [-0.2, -0.15) is 4.98 Å². The minimum absolute atomic E-state index is 0.230. The topological polar surface area (TPSA) is 109 Å². The Morgan fingerprint density at radius 2 is 1.97 bits per heavy atom. The Bertz CT molecular complexity index is 985. The van der Waals surface area contributed by atoms with Crippen molar-refractivity contribution >= 4 is 11.8 Å². The van der Waals surface area contributed by atoms with Crippen LogP contribution < -0.4 is 22.1 Å². The van der Waals surface area contributed by atoms with Crippen molar-refractivity contribution in [2.45, 2.75) is 31.7 Å². The van der Waals surface area contributed by atoms with Crippen LogP contribution in [0.5, 0.6) is 0 Å². The number of likely N-dealkylation sites (N-methyl/N-ethyl adjacent to an activating group) is 1. The molecule has 2 fully saturated rings. The van der Waals surface area contributed by atoms with E-state index in [-0.39, 0.29) is 11.8 Å². The molecule has 9 nitrogen and oxygen atoms in total. The van der Waals surface area contributed by atoms with Gasteiger partial charge in [0.2, 0.25) is 0 Å². The number of carbonyl (C=O) groups is 1. The molecule has 1 aliphatic heterocycles. The van der Waals surface area contributed by atoms with Gasteiger partial charge in [0.1, 0.15) is 5.82 Å². The largest absolute Gasteiger partial charge is 0.354 e. The molecule has 1 aliphatic carbocycles. The Balaban J connectivity index is 1.32. The van der Waals surface area contributed by atoms with Crippen molar-refractivity contribution in [1.82, 2.24) is 24.7 Å². The molecule has 0 bridgehead atoms. The number of nitrogens with one attached hydrogen (secondary N) is 2. The fourth-order valence-corrected chi connectivity index (χ4v) is 4.70. The van der Waals surface area contributed by atoms with E-state index < -0.39 is 5.69 Å². The van der Waals surface area contributed by atoms with Crippen LogP contribution >= 0.6 is 0 Å². The van der Waals surface area contributed by atoms with Gasteiger partial charge < -0.3 is 20.9 Å². The standard InChI is InChI=1S/C24H35N7O2/c1-29(21-7-4-19(16-21)17-25)12-8-18-2-5-20(6-3-18)31-13-9-22(28-24(31)33)27-23(32)30-14-10-26-11-15-30/h2-3,5-6,9,13,19,21,26H,4,7-8,10-12,14-17,25H2,1H3,(H,27,28,32,33)/t19-,21+/m0/s1. The number of benzene rings is 1. The quantitative estimate of drug-likeness (QED) is 0.583. The Labute approximate surface area is 195 Å². The molecule has 0 unspecified atom stereocenters. The maximum Gasteiger partial charge on any atom is 0.354 e. The van der Waals surface area contributed by atoms with Crippen molar-refractivity contribution in [3.05, 3.63) is 52.6 Å². The molecule has 2 amide bonds. The van der Waals surface area contributed by atoms with Crippen molar-refractivity contribution in [2.75, 3.05) is 51.6 Å². The van der Waals surface area contributed by atoms with Crippen LogP contribution in [-0.4, -0.2) is 77.7 Å². The molecule has 4 rings (SSSR count). The molecule has 4 N–H and O–H groups in total. The van der Waals surface area contributed by atoms with Gasteiger partial charge in [0.15, 0.2) is 0 Å². The van der Waals surface area contributed by atoms with Gasteiger partial charge in [0, 0.05) is 45.0 Å². The second kappa shape index (κ2) is 10.9. The summed E-state index contributed by atoms with van der Waals surface area (Å²) in [5.74, 6) is 0.939. The number of piperazine rings is 1. The number of anilines is 1. The van der Waals surface area contributed by atoms with E-state index in [4.69, 9.17) is 5.73 Å². The number of nitrogens with two attached hydrogens (primary N) is 1. The lowest BCUT2D eigenvalue weighted by atomic mass is 10.1. The first-order valence-electron chi connectivity index (χ1n) is 11.9. The lowest BCUT2D eigenvalue weighted by Crippen LogP contribution is -2.48. The predicted octanol–water partition coefficient (Wildman–Crippen LogP) is 1.27. The number of carbonyl (C=O) groups excluding carboxylic acids is 1. The monoisotopic (exact) mass is 453 g/mol. The van der Waals surface area contributed by atoms with E-state index in [1.165, 1.54) is 29.4 Å². The fourth-order valence-electron chi connectivity index (χ4n) is 4.70. The van der Waals surface area contributed by atoms with Crippen molar-refractivity contribution in [3.63, 3.8) is 0 Å². The van der Waals surface area contributed by atoms with Crippen LogP contribution in [0.1, 0.15) is 24.8 Å². The second-order valence-corrected chi connectivity index (χ2v) is 9.10. The predicted molar refractivity (Wildman–Crippen MR) is 130 cm³/mol. The summed E-state index contributed by atoms with van der Waals surface area (Å²) in [5, 5.41) is 5.92. The number of hydrogen-bond donors (Lipinski definition) is 3. The third-order valence-electron chi connectivity index (χ3n) is 6.88. The number of aromatic nitrogens is 2. The number of nitrogens with zero attached hydrogens (tertiary/aromatic N) is 4. The highest BCUT2D eigenvalue weighted by Crippen LogP contribution is 2.28. The average Bonchev–Trinajstić information content (AvgIpc) is 3.33. The van der Waals surface area contributed by atoms with Gasteiger partial charge in [0.25, 0.3) is 0 Å². The summed E-state index contributed by atoms with van der Waals surface area (Å²) < 4.78 is 1.49. The van der Waals surface area contributed by atoms with E-state index in [1.807, 2.05) is 12.1 Å². The van der Waals surface area contributed by atoms with Gasteiger partial charge in [-0.05, 0) is 69.0 Å². The molecule has 1 aromatic carbocycles. The Hall–Kier alpha value is -2.75. The summed E-state index contributed by atoms with van der Waals surface area (Å²) in [6.45, 7) is 4.61. The average molecular weight is 454 g/mol. The van der Waals surface area contributed by atoms with Gasteiger partial charge in [-0.1, -0.05) is 12.1 Å². The van der Waals surface area contributed by atoms with Gasteiger partial charge >= 0.3 is 11.7 Å². The van der Waals surface area contributed by atoms with Crippen LogP contribution in [0.15, 0.2) is 41.3 Å². The zero-order valence-electron chi connectivity index (χ0n) is 19.4. The molecular formula is C24H35N7O2. The summed E-state index contributed by atoms with van der Waals surface area (Å²) in [4.78, 5) is 33.1. The minimum Gasteiger partial charge on any atom is -0.330 e. The van der Waals surface area contributed by atoms with Crippen molar-refractivity contribution in [3.8, 4) is 5.69 Å². The van der Waals surface area contributed by atoms with Crippen LogP contribution in [0.25, 0.3) is 5.69 Å². The van der Waals surface area contributed by atoms with Crippen LogP contribution in [0, 0.1) is 5.92 Å². The van der Waals surface area contributed by atoms with Gasteiger partial charge in [-0.25, -0.2) is 9.59 Å². The first kappa shape index (κ1) is 23.4. The molecule has 178 valence electrons. The number of rotatable bonds is 7. The van der Waals surface area contributed by atoms with Crippen LogP contribution in [0.2, 0.25) is 0 Å². The molecule has 1 aromatic heterocycles. The van der Waals surface area contributed by atoms with Gasteiger partial charge in [-0.3, -0.25) is 9.88 Å². The molecular weight excluding hydrogens is 418 g/mol. The fraction of sp³-hybridized carbons (Fsp3) is 0.542. The van der Waals surface area contributed by atoms with E-state index in [2.05, 4.69) is 39.7 Å². The van der Waals surface area contributed by atoms with E-state index in [1.54, 1.807) is 17.2 Å². The maximum atomic E-state index is 12.6. The molecule has 33 heavy (non-hydrogen) atoms. The Morgan fingerprint density at radius 1 is 1.21 bits per heavy atom. The maximum absolute atomic E-state index is 12.6. The van der Waals surface area contributed by atoms with E-state index >= 15 is 0 Å². The Kier molecular flexibility index (Phi) is 7.74. The summed E-state index contributed by atoms with van der Waals surface area (Å²) in [7, 11) is 2.20. The molecule has 9 heteroatoms. The lowest BCUT2D eigenvalue weighted by molar-refractivity contribution is 0.204. The lowest BCUT2D eigenvalue weighted by Gasteiger charge is -2.27. The number of hydrogen-bond acceptors (Lipinski definition) is 6. The van der Waals surface area contributed by atoms with Gasteiger partial charge in [0.05, 0.1) is 5.69 Å². The highest BCUT2D eigenvalue weighted by Gasteiger charge is 2.26. The number of urea groups is 1. The molecule has 1 saturated carbocycles. The van der Waals surface area contributed by atoms with Crippen molar-refractivity contribution < 1.29 is 4.79 Å². The van der Waals surface area contributed by atoms with Crippen LogP contribution in [0.4, 0.5) is 10.6 Å². The summed E-state index contributed by atoms with van der Waals surface area (Å²) >= 11 is 0. The zero-order chi connectivity index (χ0) is 23.2. The molecule has 1 saturated heterocycles. The molecule has 2 heterocycles. The number of amides is 2. The highest BCUT2D eigenvalue weighted by atomic mass is 16.2. The first-order valence-corrected chi connectivity index (χ1v) is 11.9. The van der Waals surface area contributed by atoms with Crippen LogP contribution in [0.3, 0.4) is 0 Å². The van der Waals surface area contributed by atoms with Crippen molar-refractivity contribution in [1.29, 1.82) is 0 Å². The molecule has 0 spiro atoms. The molecule has 0 radical (unpaired) electrons. The summed E-state index contributed by atoms with van der Waals surface area (Å²) in [6.07, 6.45) is 6.29. The van der Waals surface area contributed by atoms with E-state index in [0.29, 0.717) is 25.0 Å². The molecule has 2 aliphatic rings. The zero-order valence-corrected chi connectivity index (χ0v) is 19.4. The smallest absolute Gasteiger partial charge is 0.330 e. The molecule has 2 atom stereocenters. The third kappa shape index (κ3) is 5.98. The summed E-state index contributed by atoms with van der Waals surface area (Å²) in [6, 6.07) is 10.1. The minimum atomic E-state index is -0.420. The normalized spacial score (nSPS) is 20.9. The third-order valence-corrected chi connectivity index (χ3v) is 6.88. The first-order chi connectivity index (χ1) is 16.0.